The molecule has 0 unspecified atom stereocenters. The number of urea groups is 1. The maximum atomic E-state index is 12.5. The highest BCUT2D eigenvalue weighted by atomic mass is 19.3. The lowest BCUT2D eigenvalue weighted by Gasteiger charge is -2.35. The van der Waals surface area contributed by atoms with Crippen LogP contribution in [0.25, 0.3) is 0 Å². The zero-order valence-electron chi connectivity index (χ0n) is 13.6. The Balaban J connectivity index is 2.58. The quantitative estimate of drug-likeness (QED) is 0.817. The van der Waals surface area contributed by atoms with Crippen LogP contribution in [0, 0.1) is 0 Å². The fourth-order valence-electron chi connectivity index (χ4n) is 2.72. The van der Waals surface area contributed by atoms with Gasteiger partial charge in [0.25, 0.3) is 6.43 Å². The van der Waals surface area contributed by atoms with E-state index in [2.05, 4.69) is 5.32 Å². The van der Waals surface area contributed by atoms with E-state index in [1.807, 2.05) is 13.8 Å². The Hall–Kier alpha value is -1.40. The second-order valence-corrected chi connectivity index (χ2v) is 5.88. The third-order valence-corrected chi connectivity index (χ3v) is 3.94. The van der Waals surface area contributed by atoms with Crippen molar-refractivity contribution in [3.05, 3.63) is 0 Å². The first-order chi connectivity index (χ1) is 10.4. The Labute approximate surface area is 131 Å². The minimum Gasteiger partial charge on any atom is -0.338 e. The molecule has 2 atom stereocenters. The molecule has 3 amide bonds. The lowest BCUT2D eigenvalue weighted by molar-refractivity contribution is -0.136. The van der Waals surface area contributed by atoms with E-state index in [9.17, 15) is 18.4 Å². The van der Waals surface area contributed by atoms with Gasteiger partial charge in [0.1, 0.15) is 6.04 Å². The smallest absolute Gasteiger partial charge is 0.318 e. The topological polar surface area (TPSA) is 52.7 Å². The number of hydrogen-bond donors (Lipinski definition) is 1. The van der Waals surface area contributed by atoms with Crippen LogP contribution in [0.4, 0.5) is 13.6 Å². The van der Waals surface area contributed by atoms with Gasteiger partial charge < -0.3 is 15.1 Å². The molecule has 0 radical (unpaired) electrons. The summed E-state index contributed by atoms with van der Waals surface area (Å²) in [5, 5.41) is 2.55. The predicted octanol–water partition coefficient (Wildman–Crippen LogP) is 2.46. The van der Waals surface area contributed by atoms with Gasteiger partial charge in [0.05, 0.1) is 6.54 Å². The van der Waals surface area contributed by atoms with E-state index in [0.717, 1.165) is 24.2 Å². The van der Waals surface area contributed by atoms with Crippen molar-refractivity contribution in [2.75, 3.05) is 19.6 Å². The molecule has 1 N–H and O–H groups in total. The number of halogens is 2. The summed E-state index contributed by atoms with van der Waals surface area (Å²) >= 11 is 0. The average molecular weight is 319 g/mol. The van der Waals surface area contributed by atoms with E-state index in [0.29, 0.717) is 13.0 Å². The van der Waals surface area contributed by atoms with Gasteiger partial charge in [-0.2, -0.15) is 0 Å². The molecule has 0 aromatic carbocycles. The highest BCUT2D eigenvalue weighted by molar-refractivity contribution is 5.87. The Bertz CT molecular complexity index is 380. The van der Waals surface area contributed by atoms with Gasteiger partial charge in [-0.1, -0.05) is 6.92 Å². The summed E-state index contributed by atoms with van der Waals surface area (Å²) in [5.74, 6) is -0.144. The van der Waals surface area contributed by atoms with Crippen LogP contribution in [0.15, 0.2) is 0 Å². The van der Waals surface area contributed by atoms with Crippen LogP contribution < -0.4 is 5.32 Å². The Morgan fingerprint density at radius 2 is 2.05 bits per heavy atom. The second-order valence-electron chi connectivity index (χ2n) is 5.88. The first-order valence-electron chi connectivity index (χ1n) is 8.00. The molecule has 5 nitrogen and oxygen atoms in total. The lowest BCUT2D eigenvalue weighted by Crippen LogP contribution is -2.54. The maximum Gasteiger partial charge on any atom is 0.318 e. The molecule has 0 bridgehead atoms. The fourth-order valence-corrected chi connectivity index (χ4v) is 2.72. The molecule has 1 rings (SSSR count). The zero-order chi connectivity index (χ0) is 16.7. The summed E-state index contributed by atoms with van der Waals surface area (Å²) in [5.41, 5.74) is 0. The van der Waals surface area contributed by atoms with Crippen molar-refractivity contribution in [1.29, 1.82) is 0 Å². The fraction of sp³-hybridized carbons (Fsp3) is 0.867. The summed E-state index contributed by atoms with van der Waals surface area (Å²) in [7, 11) is 0. The SMILES string of the molecule is CCCN(CC(F)F)C(=O)N[C@H](C)C(=O)N1CCCC[C@@H]1C. The number of hydrogen-bond acceptors (Lipinski definition) is 2. The van der Waals surface area contributed by atoms with Crippen LogP contribution in [0.3, 0.4) is 0 Å². The number of likely N-dealkylation sites (tertiary alicyclic amines) is 1. The highest BCUT2D eigenvalue weighted by Crippen LogP contribution is 2.17. The molecule has 1 aliphatic heterocycles. The van der Waals surface area contributed by atoms with Gasteiger partial charge in [-0.3, -0.25) is 4.79 Å². The number of carbonyl (C=O) groups is 2. The van der Waals surface area contributed by atoms with Crippen molar-refractivity contribution >= 4 is 11.9 Å². The Morgan fingerprint density at radius 1 is 1.36 bits per heavy atom. The van der Waals surface area contributed by atoms with Gasteiger partial charge in [-0.25, -0.2) is 13.6 Å². The minimum absolute atomic E-state index is 0.144. The molecule has 0 aromatic heterocycles. The monoisotopic (exact) mass is 319 g/mol. The van der Waals surface area contributed by atoms with Crippen molar-refractivity contribution in [2.24, 2.45) is 0 Å². The third-order valence-electron chi connectivity index (χ3n) is 3.94. The van der Waals surface area contributed by atoms with Crippen molar-refractivity contribution in [1.82, 2.24) is 15.1 Å². The Morgan fingerprint density at radius 3 is 2.59 bits per heavy atom. The molecule has 1 aliphatic rings. The highest BCUT2D eigenvalue weighted by Gasteiger charge is 2.29. The molecule has 128 valence electrons. The summed E-state index contributed by atoms with van der Waals surface area (Å²) in [6.07, 6.45) is 1.03. The molecule has 0 saturated carbocycles. The lowest BCUT2D eigenvalue weighted by atomic mass is 10.0. The molecule has 0 spiro atoms. The van der Waals surface area contributed by atoms with Crippen molar-refractivity contribution in [2.45, 2.75) is 65.0 Å². The van der Waals surface area contributed by atoms with Crippen molar-refractivity contribution in [3.63, 3.8) is 0 Å². The summed E-state index contributed by atoms with van der Waals surface area (Å²) in [4.78, 5) is 27.3. The van der Waals surface area contributed by atoms with Gasteiger partial charge >= 0.3 is 6.03 Å². The molecular weight excluding hydrogens is 292 g/mol. The number of alkyl halides is 2. The molecule has 1 saturated heterocycles. The molecule has 1 fully saturated rings. The number of rotatable bonds is 6. The van der Waals surface area contributed by atoms with Gasteiger partial charge in [0.15, 0.2) is 0 Å². The van der Waals surface area contributed by atoms with Gasteiger partial charge in [-0.15, -0.1) is 0 Å². The van der Waals surface area contributed by atoms with Crippen LogP contribution in [0.2, 0.25) is 0 Å². The van der Waals surface area contributed by atoms with Crippen molar-refractivity contribution in [3.8, 4) is 0 Å². The maximum absolute atomic E-state index is 12.5. The van der Waals surface area contributed by atoms with Gasteiger partial charge in [0, 0.05) is 19.1 Å². The van der Waals surface area contributed by atoms with Crippen LogP contribution in [-0.2, 0) is 4.79 Å². The summed E-state index contributed by atoms with van der Waals surface area (Å²) in [6.45, 7) is 5.74. The molecule has 0 aromatic rings. The number of piperidine rings is 1. The number of nitrogens with zero attached hydrogens (tertiary/aromatic N) is 2. The van der Waals surface area contributed by atoms with Gasteiger partial charge in [-0.05, 0) is 39.5 Å². The summed E-state index contributed by atoms with van der Waals surface area (Å²) < 4.78 is 25.0. The van der Waals surface area contributed by atoms with E-state index >= 15 is 0 Å². The molecule has 7 heteroatoms. The second kappa shape index (κ2) is 8.90. The molecule has 1 heterocycles. The largest absolute Gasteiger partial charge is 0.338 e. The van der Waals surface area contributed by atoms with Gasteiger partial charge in [0.2, 0.25) is 5.91 Å². The van der Waals surface area contributed by atoms with E-state index in [4.69, 9.17) is 0 Å². The van der Waals surface area contributed by atoms with E-state index in [1.54, 1.807) is 11.8 Å². The molecular formula is C15H27F2N3O2. The average Bonchev–Trinajstić information content (AvgIpc) is 2.46. The molecule has 0 aliphatic carbocycles. The van der Waals surface area contributed by atoms with E-state index in [1.165, 1.54) is 0 Å². The van der Waals surface area contributed by atoms with E-state index in [-0.39, 0.29) is 18.5 Å². The first kappa shape index (κ1) is 18.6. The minimum atomic E-state index is -2.58. The number of nitrogens with one attached hydrogen (secondary N) is 1. The van der Waals surface area contributed by atoms with Crippen LogP contribution >= 0.6 is 0 Å². The first-order valence-corrected chi connectivity index (χ1v) is 8.00. The van der Waals surface area contributed by atoms with Crippen molar-refractivity contribution < 1.29 is 18.4 Å². The standard InChI is InChI=1S/C15H27F2N3O2/c1-4-8-19(10-13(16)17)15(22)18-12(3)14(21)20-9-6-5-7-11(20)2/h11-13H,4-10H2,1-3H3,(H,18,22)/t11-,12+/m0/s1. The van der Waals surface area contributed by atoms with Crippen LogP contribution in [-0.4, -0.2) is 59.9 Å². The zero-order valence-corrected chi connectivity index (χ0v) is 13.6. The predicted molar refractivity (Wildman–Crippen MR) is 80.9 cm³/mol. The number of amides is 3. The summed E-state index contributed by atoms with van der Waals surface area (Å²) in [6, 6.07) is -1.15. The van der Waals surface area contributed by atoms with E-state index < -0.39 is 25.0 Å². The molecule has 22 heavy (non-hydrogen) atoms. The van der Waals surface area contributed by atoms with Crippen LogP contribution in [0.1, 0.15) is 46.5 Å². The van der Waals surface area contributed by atoms with Crippen LogP contribution in [0.5, 0.6) is 0 Å². The third kappa shape index (κ3) is 5.42. The number of carbonyl (C=O) groups excluding carboxylic acids is 2. The Kier molecular flexibility index (Phi) is 7.55. The normalized spacial score (nSPS) is 19.9.